The van der Waals surface area contributed by atoms with Crippen molar-refractivity contribution in [2.75, 3.05) is 0 Å². The fourth-order valence-electron chi connectivity index (χ4n) is 17.5. The summed E-state index contributed by atoms with van der Waals surface area (Å²) >= 11 is 0. The molecule has 0 saturated carbocycles. The molecule has 0 fully saturated rings. The van der Waals surface area contributed by atoms with Gasteiger partial charge < -0.3 is 0 Å². The molecule has 0 aromatic heterocycles. The van der Waals surface area contributed by atoms with Crippen molar-refractivity contribution in [3.63, 3.8) is 0 Å². The van der Waals surface area contributed by atoms with E-state index in [0.717, 1.165) is 21.5 Å². The maximum absolute atomic E-state index is 11.3. The van der Waals surface area contributed by atoms with Gasteiger partial charge in [0.15, 0.2) is 0 Å². The Morgan fingerprint density at radius 3 is 0.488 bits per heavy atom. The Morgan fingerprint density at radius 2 is 0.341 bits per heavy atom. The summed E-state index contributed by atoms with van der Waals surface area (Å²) in [6, 6.07) is 52.8. The smallest absolute Gasteiger partial charge is 0.0992 e. The van der Waals surface area contributed by atoms with Crippen LogP contribution in [0.5, 0.6) is 0 Å². The predicted molar refractivity (Wildman–Crippen MR) is 352 cm³/mol. The van der Waals surface area contributed by atoms with E-state index in [1.807, 2.05) is 0 Å². The standard InChI is InChI=1S/C80H56N2/c1-35-13-39(5)65(40(6)14-35)49-25-57-53-21-47(33-81)22-54-59-27-51(67-43(9)17-37(3)18-44(67)10)31-63-64-32-52(68-45(11)19-38(4)20-46(68)12)28-60-56-24-48(34-82)23-55-58-26-50(66-41(7)15-36(2)16-42(66)8)30-62-61(29-49)71(57)77-75(69(53)54)79(73(59)63)80(74(60)64)76(70(55)56)78(77)72(58)62/h13-32H,1-12H3. The lowest BCUT2D eigenvalue weighted by atomic mass is 9.72. The van der Waals surface area contributed by atoms with E-state index < -0.39 is 0 Å². The second-order valence-corrected chi connectivity index (χ2v) is 25.2. The van der Waals surface area contributed by atoms with Gasteiger partial charge in [-0.05, 0) is 374 Å². The van der Waals surface area contributed by atoms with Crippen LogP contribution in [0.1, 0.15) is 77.9 Å². The lowest BCUT2D eigenvalue weighted by Crippen LogP contribution is -2.02. The molecule has 0 aliphatic rings. The van der Waals surface area contributed by atoms with Gasteiger partial charge in [-0.25, -0.2) is 0 Å². The predicted octanol–water partition coefficient (Wildman–Crippen LogP) is 22.3. The van der Waals surface area contributed by atoms with Gasteiger partial charge in [0.2, 0.25) is 0 Å². The third kappa shape index (κ3) is 5.77. The molecule has 2 heteroatoms. The van der Waals surface area contributed by atoms with E-state index in [2.05, 4.69) is 217 Å². The number of nitriles is 2. The van der Waals surface area contributed by atoms with Crippen molar-refractivity contribution in [1.82, 2.24) is 0 Å². The van der Waals surface area contributed by atoms with E-state index in [4.69, 9.17) is 0 Å². The minimum absolute atomic E-state index is 0.660. The third-order valence-electron chi connectivity index (χ3n) is 19.7. The van der Waals surface area contributed by atoms with E-state index in [1.54, 1.807) is 0 Å². The van der Waals surface area contributed by atoms with Crippen LogP contribution in [0.4, 0.5) is 0 Å². The normalized spacial score (nSPS) is 12.6. The summed E-state index contributed by atoms with van der Waals surface area (Å²) in [5.74, 6) is 0. The molecule has 0 heterocycles. The number of aryl methyl sites for hydroxylation is 12. The topological polar surface area (TPSA) is 47.6 Å². The van der Waals surface area contributed by atoms with E-state index in [0.29, 0.717) is 11.1 Å². The molecule has 17 aromatic carbocycles. The zero-order chi connectivity index (χ0) is 56.1. The molecule has 386 valence electrons. The number of hydrogen-bond donors (Lipinski definition) is 0. The summed E-state index contributed by atoms with van der Waals surface area (Å²) in [4.78, 5) is 0. The summed E-state index contributed by atoms with van der Waals surface area (Å²) in [6.45, 7) is 26.9. The summed E-state index contributed by atoms with van der Waals surface area (Å²) in [6.07, 6.45) is 0. The third-order valence-corrected chi connectivity index (χ3v) is 19.7. The SMILES string of the molecule is Cc1cc(C)c(-c2cc3c4cc(C#N)cc5c6cc(-c7c(C)cc(C)cc7C)cc7c8cc(-c9c(C)cc(C)cc9C)cc9c%10cc(C#N)cc%11c%12cc(-c%13c(C)cc(C)cc%13C)cc%13c(c2)c3c2c(c45)c(c67)c(c98)c(c%11%10)c2c%12%13)c(C)c1. The van der Waals surface area contributed by atoms with Crippen LogP contribution < -0.4 is 0 Å². The highest BCUT2D eigenvalue weighted by Gasteiger charge is 2.34. The molecular weight excluding hydrogens is 989 g/mol. The van der Waals surface area contributed by atoms with Gasteiger partial charge in [-0.3, -0.25) is 0 Å². The van der Waals surface area contributed by atoms with Crippen molar-refractivity contribution in [1.29, 1.82) is 10.5 Å². The molecule has 0 amide bonds. The van der Waals surface area contributed by atoms with Crippen LogP contribution >= 0.6 is 0 Å². The first kappa shape index (κ1) is 47.2. The molecule has 0 atom stereocenters. The van der Waals surface area contributed by atoms with Gasteiger partial charge >= 0.3 is 0 Å². The molecule has 17 aromatic rings. The summed E-state index contributed by atoms with van der Waals surface area (Å²) in [5.41, 5.74) is 26.0. The van der Waals surface area contributed by atoms with E-state index in [1.165, 1.54) is 219 Å². The molecule has 0 spiro atoms. The van der Waals surface area contributed by atoms with Crippen LogP contribution in [0.2, 0.25) is 0 Å². The number of nitrogens with zero attached hydrogens (tertiary/aromatic N) is 2. The molecule has 2 nitrogen and oxygen atoms in total. The molecular formula is C80H56N2. The van der Waals surface area contributed by atoms with Crippen LogP contribution in [0, 0.1) is 106 Å². The average Bonchev–Trinajstić information content (AvgIpc) is 0.693. The Labute approximate surface area is 476 Å². The monoisotopic (exact) mass is 1040 g/mol. The van der Waals surface area contributed by atoms with Crippen molar-refractivity contribution >= 4 is 129 Å². The fourth-order valence-corrected chi connectivity index (χ4v) is 17.5. The maximum Gasteiger partial charge on any atom is 0.0992 e. The van der Waals surface area contributed by atoms with Crippen LogP contribution in [0.25, 0.3) is 174 Å². The summed E-state index contributed by atoms with van der Waals surface area (Å²) in [7, 11) is 0. The van der Waals surface area contributed by atoms with Crippen molar-refractivity contribution in [3.05, 3.63) is 199 Å². The van der Waals surface area contributed by atoms with Gasteiger partial charge in [0.1, 0.15) is 0 Å². The Kier molecular flexibility index (Phi) is 9.01. The minimum atomic E-state index is 0.660. The highest BCUT2D eigenvalue weighted by atomic mass is 14.4. The lowest BCUT2D eigenvalue weighted by Gasteiger charge is -2.30. The molecule has 17 rings (SSSR count). The molecule has 0 aliphatic carbocycles. The average molecular weight is 1050 g/mol. The highest BCUT2D eigenvalue weighted by molar-refractivity contribution is 6.61. The molecule has 0 N–H and O–H groups in total. The Morgan fingerprint density at radius 1 is 0.195 bits per heavy atom. The Hall–Kier alpha value is -9.60. The lowest BCUT2D eigenvalue weighted by molar-refractivity contribution is 1.32. The second-order valence-electron chi connectivity index (χ2n) is 25.2. The first-order valence-corrected chi connectivity index (χ1v) is 29.0. The van der Waals surface area contributed by atoms with Crippen LogP contribution in [-0.4, -0.2) is 0 Å². The zero-order valence-electron chi connectivity index (χ0n) is 48.4. The first-order valence-electron chi connectivity index (χ1n) is 29.0. The molecule has 0 saturated heterocycles. The highest BCUT2D eigenvalue weighted by Crippen LogP contribution is 2.62. The van der Waals surface area contributed by atoms with Crippen molar-refractivity contribution in [2.24, 2.45) is 0 Å². The molecule has 82 heavy (non-hydrogen) atoms. The van der Waals surface area contributed by atoms with Crippen molar-refractivity contribution in [3.8, 4) is 56.6 Å². The Bertz CT molecular complexity index is 5090. The number of benzene rings is 17. The fraction of sp³-hybridized carbons (Fsp3) is 0.150. The van der Waals surface area contributed by atoms with Gasteiger partial charge in [-0.2, -0.15) is 10.5 Å². The second kappa shape index (κ2) is 15.6. The summed E-state index contributed by atoms with van der Waals surface area (Å²) < 4.78 is 0. The van der Waals surface area contributed by atoms with Crippen molar-refractivity contribution < 1.29 is 0 Å². The van der Waals surface area contributed by atoms with E-state index in [9.17, 15) is 10.5 Å². The van der Waals surface area contributed by atoms with Gasteiger partial charge in [0.25, 0.3) is 0 Å². The van der Waals surface area contributed by atoms with Gasteiger partial charge in [-0.15, -0.1) is 0 Å². The quantitative estimate of drug-likeness (QED) is 0.130. The molecule has 0 radical (unpaired) electrons. The maximum atomic E-state index is 11.3. The minimum Gasteiger partial charge on any atom is -0.192 e. The van der Waals surface area contributed by atoms with Gasteiger partial charge in [0.05, 0.1) is 23.3 Å². The van der Waals surface area contributed by atoms with Gasteiger partial charge in [0, 0.05) is 0 Å². The number of rotatable bonds is 4. The van der Waals surface area contributed by atoms with E-state index in [-0.39, 0.29) is 0 Å². The number of hydrogen-bond acceptors (Lipinski definition) is 2. The largest absolute Gasteiger partial charge is 0.192 e. The van der Waals surface area contributed by atoms with E-state index >= 15 is 0 Å². The Balaban J connectivity index is 1.24. The first-order chi connectivity index (χ1) is 39.5. The van der Waals surface area contributed by atoms with Crippen molar-refractivity contribution in [2.45, 2.75) is 83.1 Å². The molecule has 0 unspecified atom stereocenters. The molecule has 0 aliphatic heterocycles. The van der Waals surface area contributed by atoms with Crippen LogP contribution in [0.15, 0.2) is 121 Å². The van der Waals surface area contributed by atoms with Crippen LogP contribution in [-0.2, 0) is 0 Å². The zero-order valence-corrected chi connectivity index (χ0v) is 48.4. The van der Waals surface area contributed by atoms with Gasteiger partial charge in [-0.1, -0.05) is 70.8 Å². The summed E-state index contributed by atoms with van der Waals surface area (Å²) in [5, 5.41) is 51.9. The molecule has 0 bridgehead atoms. The number of fused-ring (bicyclic) bond motifs is 6. The van der Waals surface area contributed by atoms with Crippen LogP contribution in [0.3, 0.4) is 0 Å².